The number of nitrogens with zero attached hydrogens (tertiary/aromatic N) is 8. The number of aliphatic hydroxyl groups is 3. The van der Waals surface area contributed by atoms with E-state index < -0.39 is 90.0 Å². The molecule has 133 heavy (non-hydrogen) atoms. The number of hydrogen-bond donors (Lipinski definition) is 5. The molecule has 5 aromatic rings. The zero-order chi connectivity index (χ0) is 95.7. The maximum absolute atomic E-state index is 14.7. The fourth-order valence-corrected chi connectivity index (χ4v) is 18.9. The van der Waals surface area contributed by atoms with Crippen LogP contribution in [-0.2, 0) is 110 Å². The lowest BCUT2D eigenvalue weighted by molar-refractivity contribution is -0.265. The molecule has 1 aliphatic carbocycles. The van der Waals surface area contributed by atoms with Crippen LogP contribution in [0, 0.1) is 41.4 Å². The van der Waals surface area contributed by atoms with Crippen LogP contribution in [0.15, 0.2) is 94.7 Å². The number of ether oxygens (including phenoxy) is 12. The van der Waals surface area contributed by atoms with E-state index in [1.165, 1.54) is 23.9 Å². The van der Waals surface area contributed by atoms with E-state index in [4.69, 9.17) is 77.8 Å². The molecule has 2 amide bonds. The van der Waals surface area contributed by atoms with Crippen molar-refractivity contribution in [2.75, 3.05) is 145 Å². The van der Waals surface area contributed by atoms with E-state index in [0.29, 0.717) is 221 Å². The Morgan fingerprint density at radius 3 is 2.16 bits per heavy atom. The number of carbonyl (C=O) groups excluding carboxylic acids is 7. The van der Waals surface area contributed by atoms with Gasteiger partial charge in [0.2, 0.25) is 11.7 Å². The number of amides is 2. The number of cyclic esters (lactones) is 1. The van der Waals surface area contributed by atoms with Gasteiger partial charge in [0.1, 0.15) is 59.6 Å². The summed E-state index contributed by atoms with van der Waals surface area (Å²) < 4.78 is 75.7. The first-order chi connectivity index (χ1) is 64.0. The molecule has 0 radical (unpaired) electrons. The number of carbonyl (C=O) groups is 7. The summed E-state index contributed by atoms with van der Waals surface area (Å²) in [6.45, 7) is 24.3. The molecule has 2 aromatic carbocycles. The van der Waals surface area contributed by atoms with Gasteiger partial charge >= 0.3 is 11.9 Å². The van der Waals surface area contributed by atoms with Crippen molar-refractivity contribution in [1.29, 1.82) is 0 Å². The van der Waals surface area contributed by atoms with Gasteiger partial charge in [-0.25, -0.2) is 19.4 Å². The molecule has 0 spiro atoms. The molecule has 7 N–H and O–H groups in total. The summed E-state index contributed by atoms with van der Waals surface area (Å²) in [5, 5.41) is 41.3. The van der Waals surface area contributed by atoms with Crippen LogP contribution in [0.3, 0.4) is 0 Å². The van der Waals surface area contributed by atoms with Crippen molar-refractivity contribution < 1.29 is 110 Å². The second-order valence-corrected chi connectivity index (χ2v) is 37.0. The lowest BCUT2D eigenvalue weighted by Gasteiger charge is -2.43. The maximum Gasteiger partial charge on any atom is 0.329 e. The number of aliphatic hydroxyl groups excluding tert-OH is 2. The molecule has 2 bridgehead atoms. The summed E-state index contributed by atoms with van der Waals surface area (Å²) in [6, 6.07) is 11.0. The van der Waals surface area contributed by atoms with E-state index in [0.717, 1.165) is 67.6 Å². The predicted octanol–water partition coefficient (Wildman–Crippen LogP) is 11.2. The van der Waals surface area contributed by atoms with E-state index in [9.17, 15) is 48.9 Å². The molecule has 33 nitrogen and oxygen atoms in total. The summed E-state index contributed by atoms with van der Waals surface area (Å²) in [6.07, 6.45) is 17.1. The Labute approximate surface area is 783 Å². The van der Waals surface area contributed by atoms with Crippen LogP contribution < -0.4 is 11.5 Å². The Hall–Kier alpha value is -8.65. The largest absolute Gasteiger partial charge is 0.460 e. The number of esters is 2. The summed E-state index contributed by atoms with van der Waals surface area (Å²) >= 11 is 0. The number of piperidine rings is 2. The van der Waals surface area contributed by atoms with Crippen molar-refractivity contribution >= 4 is 75.1 Å². The molecule has 736 valence electrons. The smallest absolute Gasteiger partial charge is 0.329 e. The van der Waals surface area contributed by atoms with E-state index in [1.807, 2.05) is 85.9 Å². The molecule has 8 heterocycles. The van der Waals surface area contributed by atoms with Crippen LogP contribution in [0.2, 0.25) is 0 Å². The molecule has 33 heteroatoms. The summed E-state index contributed by atoms with van der Waals surface area (Å²) in [5.74, 6) is -6.85. The Bertz CT molecular complexity index is 4680. The van der Waals surface area contributed by atoms with Gasteiger partial charge in [-0.15, -0.1) is 0 Å². The van der Waals surface area contributed by atoms with Crippen LogP contribution in [0.25, 0.3) is 33.4 Å². The van der Waals surface area contributed by atoms with Gasteiger partial charge in [0.25, 0.3) is 17.7 Å². The Kier molecular flexibility index (Phi) is 43.0. The second-order valence-electron chi connectivity index (χ2n) is 37.0. The number of ketones is 3. The van der Waals surface area contributed by atoms with Gasteiger partial charge < -0.3 is 97.8 Å². The Morgan fingerprint density at radius 1 is 0.707 bits per heavy atom. The number of rotatable bonds is 35. The number of benzene rings is 2. The van der Waals surface area contributed by atoms with Crippen molar-refractivity contribution in [3.8, 4) is 11.3 Å². The van der Waals surface area contributed by atoms with E-state index in [-0.39, 0.29) is 79.1 Å². The van der Waals surface area contributed by atoms with E-state index in [1.54, 1.807) is 48.2 Å². The van der Waals surface area contributed by atoms with Crippen LogP contribution in [-0.4, -0.2) is 290 Å². The SMILES string of the molecule is CCCOCCOCCC(=O)CC1CCN(CC(=O)N2CCc3cc(Cn4nc(-c5ccc6oc(N)nc6c5)c5c(N)ncnc54)ccc3C2)CC1.COCCOCCOCCOCCCC(=O)O[C@@H]1CC[C@@H](C[C@@H](C)[C@@H]2C[C@@H](O)[C@H](C)/C=C(\C)[C@@H](O)[C@@H](OC)C(=O)[C@H](C)C[C@H](C)/C=C/C=C/C=C(\C)[C@@H](OC)C[C@@H]3CC[C@@H](C)[C@@](O)(O3)C(=O)C(=O)N3CCCC[C@H]3C(=O)O2)C[C@H]1OC. The highest BCUT2D eigenvalue weighted by Gasteiger charge is 2.53. The van der Waals surface area contributed by atoms with Crippen molar-refractivity contribution in [2.45, 2.75) is 258 Å². The highest BCUT2D eigenvalue weighted by Crippen LogP contribution is 2.41. The standard InChI is InChI=1S/C62H101NO18.C38H47N9O5/c1-40-18-13-12-14-19-41(2)52(73-9)38-48-24-22-46(7)62(71,81-48)59(68)60(69)63-26-16-15-20-49(63)61(70)80-53(39-50(64)42(3)35-45(6)57(67)58(75-11)56(66)44(5)34-40)43(4)36-47-23-25-51(54(37-47)74-10)79-55(65)21-17-27-76-30-31-78-33-32-77-29-28-72-8;1-2-14-50-16-17-51-15-10-30(48)19-25-7-11-45(12-8-25)23-33(49)46-13-9-27-18-26(3-4-29(27)22-46)21-47-37-34(36(39)41-24-42-37)35(44-47)28-5-6-32-31(20-28)43-38(40)52-32/h12-14,18-19,35,40,42-44,46-54,57-58,64,67,71H,15-17,20-34,36-39H2,1-11H3;3-6,18,20,24-25H,2,7-17,19,21-23H2,1H3,(H2,40,43)(H2,39,41,42)/b14-12+,18-13+,41-19+,45-35+;/t40-,42-,43-,44-,46-,47+,48+,49+,50-,51-,52+,53+,54-,57-,58+,62-;/m1./s1. The van der Waals surface area contributed by atoms with Crippen LogP contribution >= 0.6 is 0 Å². The summed E-state index contributed by atoms with van der Waals surface area (Å²) in [4.78, 5) is 115. The van der Waals surface area contributed by atoms with Crippen molar-refractivity contribution in [2.24, 2.45) is 41.4 Å². The topological polar surface area (TPSA) is 422 Å². The van der Waals surface area contributed by atoms with Gasteiger partial charge in [0.15, 0.2) is 17.0 Å². The van der Waals surface area contributed by atoms with Crippen LogP contribution in [0.5, 0.6) is 0 Å². The minimum absolute atomic E-state index is 0.0101. The molecular weight excluding hydrogens is 1710 g/mol. The first-order valence-corrected chi connectivity index (χ1v) is 48.0. The van der Waals surface area contributed by atoms with Gasteiger partial charge in [-0.2, -0.15) is 10.1 Å². The number of aromatic nitrogens is 5. The number of methoxy groups -OCH3 is 4. The number of allylic oxidation sites excluding steroid dienone is 5. The molecule has 3 aromatic heterocycles. The number of anilines is 2. The minimum atomic E-state index is -2.45. The van der Waals surface area contributed by atoms with Gasteiger partial charge in [-0.3, -0.25) is 33.7 Å². The zero-order valence-corrected chi connectivity index (χ0v) is 80.4. The monoisotopic (exact) mass is 1860 g/mol. The normalized spacial score (nSPS) is 27.7. The number of Topliss-reactive ketones (excluding diaryl/α,β-unsaturated/α-hetero) is 3. The molecule has 5 aliphatic heterocycles. The van der Waals surface area contributed by atoms with Gasteiger partial charge in [0, 0.05) is 117 Å². The minimum Gasteiger partial charge on any atom is -0.460 e. The molecule has 3 saturated heterocycles. The number of fused-ring (bicyclic) bond motifs is 6. The van der Waals surface area contributed by atoms with Crippen molar-refractivity contribution in [1.82, 2.24) is 39.4 Å². The number of oxazole rings is 1. The average Bonchev–Trinajstić information content (AvgIpc) is 1.72. The highest BCUT2D eigenvalue weighted by molar-refractivity contribution is 6.39. The number of hydrogen-bond acceptors (Lipinski definition) is 30. The third-order valence-corrected chi connectivity index (χ3v) is 26.8. The van der Waals surface area contributed by atoms with Gasteiger partial charge in [0.05, 0.1) is 102 Å². The predicted molar refractivity (Wildman–Crippen MR) is 501 cm³/mol. The third kappa shape index (κ3) is 31.2. The van der Waals surface area contributed by atoms with Crippen LogP contribution in [0.1, 0.15) is 194 Å². The quantitative estimate of drug-likeness (QED) is 0.0109. The molecule has 11 rings (SSSR count). The Balaban J connectivity index is 0.000000301. The number of nitrogens with two attached hydrogens (primary N) is 2. The second kappa shape index (κ2) is 53.7. The summed E-state index contributed by atoms with van der Waals surface area (Å²) in [7, 11) is 6.18. The molecule has 16 atom stereocenters. The Morgan fingerprint density at radius 2 is 1.44 bits per heavy atom. The highest BCUT2D eigenvalue weighted by atomic mass is 16.6. The lowest BCUT2D eigenvalue weighted by Crippen LogP contribution is -2.61. The average molecular weight is 1860 g/mol. The molecule has 4 fully saturated rings. The van der Waals surface area contributed by atoms with E-state index >= 15 is 0 Å². The molecular formula is C100H148N10O23. The number of likely N-dealkylation sites (tertiary alicyclic amines) is 1. The fourth-order valence-electron chi connectivity index (χ4n) is 18.9. The first-order valence-electron chi connectivity index (χ1n) is 48.0. The maximum atomic E-state index is 14.7. The third-order valence-electron chi connectivity index (χ3n) is 26.8. The fraction of sp³-hybridized carbons (Fsp3) is 0.670. The van der Waals surface area contributed by atoms with Gasteiger partial charge in [-0.1, -0.05) is 96.2 Å². The lowest BCUT2D eigenvalue weighted by atomic mass is 9.78. The van der Waals surface area contributed by atoms with Crippen molar-refractivity contribution in [3.63, 3.8) is 0 Å². The zero-order valence-electron chi connectivity index (χ0n) is 80.4. The molecule has 0 unspecified atom stereocenters. The van der Waals surface area contributed by atoms with E-state index in [2.05, 4.69) is 45.0 Å². The first kappa shape index (κ1) is 106. The van der Waals surface area contributed by atoms with Gasteiger partial charge in [-0.05, 0) is 193 Å². The molecule has 1 saturated carbocycles. The number of nitrogen functional groups attached to an aromatic ring is 2. The van der Waals surface area contributed by atoms with Crippen LogP contribution in [0.4, 0.5) is 11.8 Å². The summed E-state index contributed by atoms with van der Waals surface area (Å²) in [5.41, 5.74) is 20.2. The van der Waals surface area contributed by atoms with Crippen molar-refractivity contribution in [3.05, 3.63) is 107 Å². The molecule has 6 aliphatic rings.